The van der Waals surface area contributed by atoms with Crippen molar-refractivity contribution in [2.45, 2.75) is 24.3 Å². The lowest BCUT2D eigenvalue weighted by Gasteiger charge is -2.14. The summed E-state index contributed by atoms with van der Waals surface area (Å²) in [5.41, 5.74) is 2.32. The number of hydrogen-bond acceptors (Lipinski definition) is 4. The highest BCUT2D eigenvalue weighted by molar-refractivity contribution is 7.89. The Morgan fingerprint density at radius 2 is 1.76 bits per heavy atom. The first-order chi connectivity index (χ1) is 12.0. The van der Waals surface area contributed by atoms with E-state index < -0.39 is 10.0 Å². The second kappa shape index (κ2) is 7.41. The lowest BCUT2D eigenvalue weighted by molar-refractivity contribution is -0.364. The molecule has 1 aliphatic heterocycles. The minimum absolute atomic E-state index is 0.315. The van der Waals surface area contributed by atoms with Crippen LogP contribution in [0, 0.1) is 0 Å². The van der Waals surface area contributed by atoms with Crippen molar-refractivity contribution in [2.24, 2.45) is 0 Å². The average Bonchev–Trinajstić information content (AvgIpc) is 3.16. The second-order valence-electron chi connectivity index (χ2n) is 6.46. The first kappa shape index (κ1) is 17.7. The molecule has 1 aromatic carbocycles. The number of benzene rings is 1. The Bertz CT molecular complexity index is 796. The number of aromatic nitrogens is 1. The summed E-state index contributed by atoms with van der Waals surface area (Å²) >= 11 is 0. The molecule has 7 heteroatoms. The summed E-state index contributed by atoms with van der Waals surface area (Å²) in [4.78, 5) is 5.42. The highest BCUT2D eigenvalue weighted by Gasteiger charge is 2.27. The first-order valence-electron chi connectivity index (χ1n) is 8.49. The zero-order valence-corrected chi connectivity index (χ0v) is 15.5. The van der Waals surface area contributed by atoms with Crippen molar-refractivity contribution in [3.05, 3.63) is 48.2 Å². The van der Waals surface area contributed by atoms with Crippen LogP contribution in [0.5, 0.6) is 0 Å². The number of pyridine rings is 1. The molecule has 2 heterocycles. The van der Waals surface area contributed by atoms with Gasteiger partial charge >= 0.3 is 0 Å². The Labute approximate surface area is 149 Å². The van der Waals surface area contributed by atoms with Gasteiger partial charge in [-0.2, -0.15) is 4.31 Å². The second-order valence-corrected chi connectivity index (χ2v) is 8.40. The summed E-state index contributed by atoms with van der Waals surface area (Å²) in [5, 5.41) is 3.28. The van der Waals surface area contributed by atoms with E-state index in [4.69, 9.17) is 0 Å². The SMILES string of the molecule is CN(C)c1ccc(CNc2ccc(S(=O)(=O)N3CCCC3)c[nH+]2)cc1. The van der Waals surface area contributed by atoms with Crippen molar-refractivity contribution in [3.63, 3.8) is 0 Å². The fourth-order valence-electron chi connectivity index (χ4n) is 2.87. The Morgan fingerprint density at radius 1 is 1.08 bits per heavy atom. The molecule has 134 valence electrons. The minimum atomic E-state index is -3.37. The van der Waals surface area contributed by atoms with Crippen molar-refractivity contribution in [2.75, 3.05) is 37.4 Å². The van der Waals surface area contributed by atoms with E-state index >= 15 is 0 Å². The molecule has 0 amide bonds. The van der Waals surface area contributed by atoms with Gasteiger partial charge in [0.25, 0.3) is 5.82 Å². The average molecular weight is 361 g/mol. The van der Waals surface area contributed by atoms with Crippen molar-refractivity contribution in [3.8, 4) is 0 Å². The number of aromatic amines is 1. The molecule has 3 rings (SSSR count). The smallest absolute Gasteiger partial charge is 0.272 e. The normalized spacial score (nSPS) is 15.3. The Morgan fingerprint density at radius 3 is 2.32 bits per heavy atom. The molecule has 25 heavy (non-hydrogen) atoms. The van der Waals surface area contributed by atoms with Crippen LogP contribution in [0.2, 0.25) is 0 Å². The van der Waals surface area contributed by atoms with E-state index in [1.54, 1.807) is 22.6 Å². The summed E-state index contributed by atoms with van der Waals surface area (Å²) in [6.45, 7) is 1.90. The monoisotopic (exact) mass is 361 g/mol. The number of hydrogen-bond donors (Lipinski definition) is 1. The van der Waals surface area contributed by atoms with Crippen molar-refractivity contribution in [1.29, 1.82) is 0 Å². The summed E-state index contributed by atoms with van der Waals surface area (Å²) in [5.74, 6) is 0.789. The van der Waals surface area contributed by atoms with Gasteiger partial charge in [0.05, 0.1) is 0 Å². The van der Waals surface area contributed by atoms with Crippen LogP contribution in [0.1, 0.15) is 18.4 Å². The molecule has 0 saturated carbocycles. The van der Waals surface area contributed by atoms with E-state index in [-0.39, 0.29) is 0 Å². The molecule has 0 atom stereocenters. The molecule has 0 bridgehead atoms. The quantitative estimate of drug-likeness (QED) is 0.854. The number of nitrogens with zero attached hydrogens (tertiary/aromatic N) is 2. The Balaban J connectivity index is 1.62. The molecule has 1 fully saturated rings. The standard InChI is InChI=1S/C18H24N4O2S/c1-21(2)16-7-5-15(6-8-16)13-19-18-10-9-17(14-20-18)25(23,24)22-11-3-4-12-22/h5-10,14H,3-4,11-13H2,1-2H3,(H,19,20)/p+1. The van der Waals surface area contributed by atoms with E-state index in [0.29, 0.717) is 24.5 Å². The molecule has 6 nitrogen and oxygen atoms in total. The Hall–Kier alpha value is -2.12. The van der Waals surface area contributed by atoms with E-state index in [9.17, 15) is 8.42 Å². The topological polar surface area (TPSA) is 66.8 Å². The van der Waals surface area contributed by atoms with E-state index in [1.165, 1.54) is 0 Å². The predicted molar refractivity (Wildman–Crippen MR) is 99.1 cm³/mol. The molecule has 1 aromatic heterocycles. The molecule has 0 radical (unpaired) electrons. The van der Waals surface area contributed by atoms with Crippen molar-refractivity contribution < 1.29 is 13.4 Å². The third-order valence-electron chi connectivity index (χ3n) is 4.42. The lowest BCUT2D eigenvalue weighted by atomic mass is 10.2. The van der Waals surface area contributed by atoms with Gasteiger partial charge in [-0.25, -0.2) is 13.4 Å². The summed E-state index contributed by atoms with van der Waals surface area (Å²) < 4.78 is 26.5. The van der Waals surface area contributed by atoms with E-state index in [1.807, 2.05) is 14.1 Å². The fraction of sp³-hybridized carbons (Fsp3) is 0.389. The van der Waals surface area contributed by atoms with Crippen LogP contribution >= 0.6 is 0 Å². The maximum absolute atomic E-state index is 12.5. The number of sulfonamides is 1. The zero-order valence-electron chi connectivity index (χ0n) is 14.7. The van der Waals surface area contributed by atoms with Crippen molar-refractivity contribution >= 4 is 21.5 Å². The molecule has 0 unspecified atom stereocenters. The molecule has 0 spiro atoms. The Kier molecular flexibility index (Phi) is 5.24. The zero-order chi connectivity index (χ0) is 17.9. The van der Waals surface area contributed by atoms with Crippen LogP contribution in [0.3, 0.4) is 0 Å². The number of rotatable bonds is 6. The van der Waals surface area contributed by atoms with Gasteiger partial charge < -0.3 is 4.90 Å². The molecule has 1 saturated heterocycles. The van der Waals surface area contributed by atoms with Crippen molar-refractivity contribution in [1.82, 2.24) is 4.31 Å². The maximum Gasteiger partial charge on any atom is 0.272 e. The van der Waals surface area contributed by atoms with Gasteiger partial charge in [0.15, 0.2) is 0 Å². The lowest BCUT2D eigenvalue weighted by Crippen LogP contribution is -2.29. The van der Waals surface area contributed by atoms with Crippen LogP contribution in [0.15, 0.2) is 47.5 Å². The van der Waals surface area contributed by atoms with Crippen LogP contribution in [-0.2, 0) is 16.6 Å². The third kappa shape index (κ3) is 4.11. The van der Waals surface area contributed by atoms with Crippen LogP contribution in [-0.4, -0.2) is 39.9 Å². The largest absolute Gasteiger partial charge is 0.378 e. The van der Waals surface area contributed by atoms with E-state index in [0.717, 1.165) is 29.9 Å². The molecule has 2 aromatic rings. The van der Waals surface area contributed by atoms with Crippen LogP contribution in [0.25, 0.3) is 0 Å². The molecular weight excluding hydrogens is 336 g/mol. The molecule has 2 N–H and O–H groups in total. The summed E-state index contributed by atoms with van der Waals surface area (Å²) in [6, 6.07) is 11.7. The van der Waals surface area contributed by atoms with Gasteiger partial charge in [-0.3, -0.25) is 5.32 Å². The third-order valence-corrected chi connectivity index (χ3v) is 6.32. The summed E-state index contributed by atoms with van der Waals surface area (Å²) in [6.07, 6.45) is 3.44. The van der Waals surface area contributed by atoms with Gasteiger partial charge in [-0.15, -0.1) is 0 Å². The maximum atomic E-state index is 12.5. The van der Waals surface area contributed by atoms with Crippen LogP contribution < -0.4 is 15.2 Å². The first-order valence-corrected chi connectivity index (χ1v) is 9.93. The van der Waals surface area contributed by atoms with Gasteiger partial charge in [0.1, 0.15) is 17.6 Å². The van der Waals surface area contributed by atoms with Gasteiger partial charge in [-0.1, -0.05) is 12.1 Å². The van der Waals surface area contributed by atoms with Gasteiger partial charge in [0.2, 0.25) is 10.0 Å². The minimum Gasteiger partial charge on any atom is -0.378 e. The predicted octanol–water partition coefficient (Wildman–Crippen LogP) is 1.96. The molecule has 1 aliphatic rings. The van der Waals surface area contributed by atoms with Crippen LogP contribution in [0.4, 0.5) is 11.5 Å². The summed E-state index contributed by atoms with van der Waals surface area (Å²) in [7, 11) is 0.662. The highest BCUT2D eigenvalue weighted by atomic mass is 32.2. The van der Waals surface area contributed by atoms with Gasteiger partial charge in [-0.05, 0) is 36.6 Å². The van der Waals surface area contributed by atoms with E-state index in [2.05, 4.69) is 39.5 Å². The van der Waals surface area contributed by atoms with Gasteiger partial charge in [0, 0.05) is 38.9 Å². The highest BCUT2D eigenvalue weighted by Crippen LogP contribution is 2.20. The number of nitrogens with one attached hydrogen (secondary N) is 2. The molecule has 0 aliphatic carbocycles. The molecular formula is C18H25N4O2S+. The fourth-order valence-corrected chi connectivity index (χ4v) is 4.35. The number of H-pyrrole nitrogens is 1. The number of anilines is 2.